The van der Waals surface area contributed by atoms with E-state index in [1.165, 1.54) is 22.2 Å². The van der Waals surface area contributed by atoms with E-state index in [-0.39, 0.29) is 0 Å². The molecule has 0 bridgehead atoms. The van der Waals surface area contributed by atoms with E-state index in [0.29, 0.717) is 0 Å². The molecule has 1 aromatic rings. The first-order chi connectivity index (χ1) is 6.06. The van der Waals surface area contributed by atoms with Gasteiger partial charge in [0.05, 0.1) is 0 Å². The molecule has 0 fully saturated rings. The Balaban J connectivity index is 3.35. The fraction of sp³-hybridized carbons (Fsp3) is 0.333. The zero-order valence-corrected chi connectivity index (χ0v) is 8.94. The summed E-state index contributed by atoms with van der Waals surface area (Å²) in [5, 5.41) is 0. The second-order valence-electron chi connectivity index (χ2n) is 3.60. The summed E-state index contributed by atoms with van der Waals surface area (Å²) in [5.74, 6) is 0. The fourth-order valence-electron chi connectivity index (χ4n) is 1.63. The van der Waals surface area contributed by atoms with Gasteiger partial charge in [-0.15, -0.1) is 0 Å². The fourth-order valence-corrected chi connectivity index (χ4v) is 1.63. The minimum Gasteiger partial charge on any atom is -0.0955 e. The maximum Gasteiger partial charge on any atom is 0.148 e. The molecule has 67 valence electrons. The van der Waals surface area contributed by atoms with Crippen molar-refractivity contribution in [1.82, 2.24) is 0 Å². The largest absolute Gasteiger partial charge is 0.148 e. The van der Waals surface area contributed by atoms with Gasteiger partial charge in [-0.2, -0.15) is 0 Å². The molecule has 1 rings (SSSR count). The van der Waals surface area contributed by atoms with Crippen molar-refractivity contribution in [3.05, 3.63) is 35.4 Å². The van der Waals surface area contributed by atoms with Crippen LogP contribution in [0.3, 0.4) is 0 Å². The van der Waals surface area contributed by atoms with Gasteiger partial charge in [0.2, 0.25) is 0 Å². The minimum absolute atomic E-state index is 1.14. The van der Waals surface area contributed by atoms with Crippen molar-refractivity contribution in [2.75, 3.05) is 0 Å². The van der Waals surface area contributed by atoms with E-state index in [4.69, 9.17) is 0 Å². The highest BCUT2D eigenvalue weighted by Crippen LogP contribution is 2.16. The molecule has 0 N–H and O–H groups in total. The summed E-state index contributed by atoms with van der Waals surface area (Å²) < 4.78 is 0. The molecule has 0 aliphatic heterocycles. The summed E-state index contributed by atoms with van der Waals surface area (Å²) in [6.07, 6.45) is 0. The van der Waals surface area contributed by atoms with Crippen LogP contribution in [-0.4, -0.2) is 7.28 Å². The second-order valence-corrected chi connectivity index (χ2v) is 3.60. The van der Waals surface area contributed by atoms with Gasteiger partial charge in [0.15, 0.2) is 0 Å². The summed E-state index contributed by atoms with van der Waals surface area (Å²) in [4.78, 5) is 0. The first kappa shape index (κ1) is 10.1. The van der Waals surface area contributed by atoms with Crippen LogP contribution in [0.5, 0.6) is 0 Å². The lowest BCUT2D eigenvalue weighted by atomic mass is 9.69. The molecule has 0 amide bonds. The number of benzene rings is 1. The summed E-state index contributed by atoms with van der Waals surface area (Å²) in [6, 6.07) is 4.41. The van der Waals surface area contributed by atoms with Gasteiger partial charge in [-0.3, -0.25) is 0 Å². The Bertz CT molecular complexity index is 337. The molecule has 1 heteroatoms. The Morgan fingerprint density at radius 1 is 1.31 bits per heavy atom. The lowest BCUT2D eigenvalue weighted by Gasteiger charge is -2.11. The van der Waals surface area contributed by atoms with Gasteiger partial charge in [0, 0.05) is 0 Å². The topological polar surface area (TPSA) is 0 Å². The van der Waals surface area contributed by atoms with Crippen molar-refractivity contribution in [1.29, 1.82) is 0 Å². The lowest BCUT2D eigenvalue weighted by molar-refractivity contribution is 1.38. The predicted octanol–water partition coefficient (Wildman–Crippen LogP) is 2.71. The maximum atomic E-state index is 3.99. The van der Waals surface area contributed by atoms with Gasteiger partial charge in [0.25, 0.3) is 0 Å². The van der Waals surface area contributed by atoms with Crippen molar-refractivity contribution < 1.29 is 0 Å². The molecular weight excluding hydrogens is 155 g/mol. The molecule has 13 heavy (non-hydrogen) atoms. The van der Waals surface area contributed by atoms with E-state index >= 15 is 0 Å². The van der Waals surface area contributed by atoms with Gasteiger partial charge >= 0.3 is 0 Å². The molecule has 0 saturated heterocycles. The normalized spacial score (nSPS) is 9.85. The zero-order chi connectivity index (χ0) is 10.0. The van der Waals surface area contributed by atoms with E-state index in [1.54, 1.807) is 0 Å². The average molecular weight is 171 g/mol. The highest BCUT2D eigenvalue weighted by molar-refractivity contribution is 6.52. The summed E-state index contributed by atoms with van der Waals surface area (Å²) >= 11 is 0. The Hall–Kier alpha value is -0.975. The lowest BCUT2D eigenvalue weighted by Crippen LogP contribution is -2.16. The van der Waals surface area contributed by atoms with Gasteiger partial charge < -0.3 is 0 Å². The van der Waals surface area contributed by atoms with Crippen LogP contribution >= 0.6 is 0 Å². The van der Waals surface area contributed by atoms with Gasteiger partial charge in [-0.25, -0.2) is 0 Å². The van der Waals surface area contributed by atoms with Crippen molar-refractivity contribution in [3.63, 3.8) is 0 Å². The molecule has 0 saturated carbocycles. The zero-order valence-electron chi connectivity index (χ0n) is 8.94. The summed E-state index contributed by atoms with van der Waals surface area (Å²) in [6.45, 7) is 12.4. The molecule has 0 unspecified atom stereocenters. The minimum atomic E-state index is 1.14. The Morgan fingerprint density at radius 3 is 2.38 bits per heavy atom. The first-order valence-corrected chi connectivity index (χ1v) is 4.62. The summed E-state index contributed by atoms with van der Waals surface area (Å²) in [5.41, 5.74) is 6.38. The van der Waals surface area contributed by atoms with Crippen molar-refractivity contribution in [3.8, 4) is 0 Å². The molecule has 0 heterocycles. The molecule has 0 atom stereocenters. The third-order valence-corrected chi connectivity index (χ3v) is 2.36. The first-order valence-electron chi connectivity index (χ1n) is 4.62. The SMILES string of the molecule is C=C(C)c1cc(C)cc([B]C)c1C. The van der Waals surface area contributed by atoms with Gasteiger partial charge in [0.1, 0.15) is 7.28 Å². The quantitative estimate of drug-likeness (QED) is 0.600. The molecule has 0 aromatic heterocycles. The standard InChI is InChI=1S/C12H16B/c1-8(2)11-6-9(3)7-12(13-5)10(11)4/h6-7H,1H2,2-5H3. The highest BCUT2D eigenvalue weighted by Gasteiger charge is 2.04. The van der Waals surface area contributed by atoms with Gasteiger partial charge in [-0.05, 0) is 31.9 Å². The van der Waals surface area contributed by atoms with Crippen LogP contribution in [0.1, 0.15) is 23.6 Å². The third-order valence-electron chi connectivity index (χ3n) is 2.36. The smallest absolute Gasteiger partial charge is 0.0955 e. The maximum absolute atomic E-state index is 3.99. The number of aryl methyl sites for hydroxylation is 1. The second kappa shape index (κ2) is 3.82. The number of allylic oxidation sites excluding steroid dienone is 1. The number of rotatable bonds is 2. The Kier molecular flexibility index (Phi) is 2.97. The van der Waals surface area contributed by atoms with Crippen molar-refractivity contribution in [2.45, 2.75) is 27.6 Å². The van der Waals surface area contributed by atoms with E-state index in [2.05, 4.69) is 53.6 Å². The van der Waals surface area contributed by atoms with Crippen LogP contribution in [0.25, 0.3) is 5.57 Å². The number of hydrogen-bond acceptors (Lipinski definition) is 0. The van der Waals surface area contributed by atoms with Gasteiger partial charge in [-0.1, -0.05) is 42.1 Å². The van der Waals surface area contributed by atoms with Crippen LogP contribution in [0.4, 0.5) is 0 Å². The Labute approximate surface area is 81.9 Å². The van der Waals surface area contributed by atoms with Crippen molar-refractivity contribution >= 4 is 18.3 Å². The highest BCUT2D eigenvalue weighted by atomic mass is 14.1. The molecule has 1 aromatic carbocycles. The number of hydrogen-bond donors (Lipinski definition) is 0. The molecule has 0 aliphatic rings. The summed E-state index contributed by atoms with van der Waals surface area (Å²) in [7, 11) is 2.15. The molecule has 0 aliphatic carbocycles. The van der Waals surface area contributed by atoms with Crippen LogP contribution < -0.4 is 5.46 Å². The average Bonchev–Trinajstić information content (AvgIpc) is 2.08. The van der Waals surface area contributed by atoms with E-state index in [1.807, 2.05) is 0 Å². The Morgan fingerprint density at radius 2 is 1.92 bits per heavy atom. The van der Waals surface area contributed by atoms with Crippen LogP contribution in [-0.2, 0) is 0 Å². The molecular formula is C12H16B. The van der Waals surface area contributed by atoms with Crippen molar-refractivity contribution in [2.24, 2.45) is 0 Å². The monoisotopic (exact) mass is 171 g/mol. The third kappa shape index (κ3) is 2.03. The molecule has 0 spiro atoms. The van der Waals surface area contributed by atoms with E-state index < -0.39 is 0 Å². The molecule has 1 radical (unpaired) electrons. The van der Waals surface area contributed by atoms with E-state index in [9.17, 15) is 0 Å². The predicted molar refractivity (Wildman–Crippen MR) is 61.9 cm³/mol. The molecule has 0 nitrogen and oxygen atoms in total. The van der Waals surface area contributed by atoms with Crippen LogP contribution in [0.2, 0.25) is 6.82 Å². The van der Waals surface area contributed by atoms with Crippen LogP contribution in [0, 0.1) is 13.8 Å². The van der Waals surface area contributed by atoms with Crippen LogP contribution in [0.15, 0.2) is 18.7 Å². The van der Waals surface area contributed by atoms with E-state index in [0.717, 1.165) is 5.57 Å².